The van der Waals surface area contributed by atoms with Crippen molar-refractivity contribution in [2.75, 3.05) is 6.61 Å². The number of hydrogen-bond acceptors (Lipinski definition) is 2. The van der Waals surface area contributed by atoms with Gasteiger partial charge in [-0.15, -0.1) is 0 Å². The summed E-state index contributed by atoms with van der Waals surface area (Å²) in [6, 6.07) is 4.59. The summed E-state index contributed by atoms with van der Waals surface area (Å²) in [6.07, 6.45) is 1.09. The van der Waals surface area contributed by atoms with Crippen LogP contribution in [0.25, 0.3) is 0 Å². The van der Waals surface area contributed by atoms with Crippen LogP contribution in [0.1, 0.15) is 49.5 Å². The molecule has 0 spiro atoms. The predicted octanol–water partition coefficient (Wildman–Crippen LogP) is 3.91. The van der Waals surface area contributed by atoms with Crippen LogP contribution in [0.3, 0.4) is 0 Å². The van der Waals surface area contributed by atoms with Gasteiger partial charge in [0.25, 0.3) is 0 Å². The molecule has 0 bridgehead atoms. The maximum absolute atomic E-state index is 13.8. The number of rotatable bonds is 6. The molecule has 100 valence electrons. The second-order valence-corrected chi connectivity index (χ2v) is 4.45. The fourth-order valence-corrected chi connectivity index (χ4v) is 2.18. The molecule has 0 saturated carbocycles. The Bertz CT molecular complexity index is 423. The van der Waals surface area contributed by atoms with Crippen molar-refractivity contribution in [2.45, 2.75) is 46.1 Å². The van der Waals surface area contributed by atoms with Gasteiger partial charge in [-0.1, -0.05) is 25.5 Å². The molecule has 1 aromatic rings. The minimum absolute atomic E-state index is 0.132. The summed E-state index contributed by atoms with van der Waals surface area (Å²) in [5, 5.41) is 0. The third kappa shape index (κ3) is 2.78. The average molecular weight is 252 g/mol. The van der Waals surface area contributed by atoms with Gasteiger partial charge in [0.05, 0.1) is 5.56 Å². The second-order valence-electron chi connectivity index (χ2n) is 4.45. The number of hydrogen-bond donors (Lipinski definition) is 0. The highest BCUT2D eigenvalue weighted by molar-refractivity contribution is 6.02. The van der Waals surface area contributed by atoms with E-state index in [9.17, 15) is 9.18 Å². The zero-order valence-electron chi connectivity index (χ0n) is 11.5. The molecule has 0 saturated heterocycles. The van der Waals surface area contributed by atoms with E-state index in [2.05, 4.69) is 0 Å². The maximum atomic E-state index is 13.8. The molecule has 0 aliphatic carbocycles. The van der Waals surface area contributed by atoms with Gasteiger partial charge in [-0.25, -0.2) is 4.39 Å². The summed E-state index contributed by atoms with van der Waals surface area (Å²) >= 11 is 0. The second kappa shape index (κ2) is 6.10. The van der Waals surface area contributed by atoms with Crippen LogP contribution in [0.15, 0.2) is 18.2 Å². The van der Waals surface area contributed by atoms with Gasteiger partial charge in [0, 0.05) is 6.61 Å². The number of aryl methyl sites for hydroxylation is 1. The number of ether oxygens (including phenoxy) is 1. The van der Waals surface area contributed by atoms with E-state index in [1.165, 1.54) is 6.07 Å². The van der Waals surface area contributed by atoms with Crippen LogP contribution in [0, 0.1) is 12.7 Å². The highest BCUT2D eigenvalue weighted by atomic mass is 19.1. The molecule has 0 amide bonds. The summed E-state index contributed by atoms with van der Waals surface area (Å²) in [5.74, 6) is -0.730. The van der Waals surface area contributed by atoms with Gasteiger partial charge >= 0.3 is 0 Å². The van der Waals surface area contributed by atoms with Crippen LogP contribution in [0.4, 0.5) is 4.39 Å². The van der Waals surface area contributed by atoms with Crippen LogP contribution in [0.2, 0.25) is 0 Å². The molecule has 0 aliphatic heterocycles. The van der Waals surface area contributed by atoms with Crippen LogP contribution in [0.5, 0.6) is 0 Å². The van der Waals surface area contributed by atoms with Gasteiger partial charge in [0.1, 0.15) is 11.4 Å². The zero-order chi connectivity index (χ0) is 13.8. The molecule has 0 fully saturated rings. The molecule has 0 atom stereocenters. The predicted molar refractivity (Wildman–Crippen MR) is 70.4 cm³/mol. The SMILES string of the molecule is CCOC(CC)(CC)C(=O)c1cc(C)ccc1F. The Hall–Kier alpha value is -1.22. The molecule has 1 rings (SSSR count). The zero-order valence-corrected chi connectivity index (χ0v) is 11.5. The van der Waals surface area contributed by atoms with Crippen molar-refractivity contribution in [2.24, 2.45) is 0 Å². The highest BCUT2D eigenvalue weighted by Gasteiger charge is 2.37. The summed E-state index contributed by atoms with van der Waals surface area (Å²) in [5.41, 5.74) is 0.105. The number of Topliss-reactive ketones (excluding diaryl/α,β-unsaturated/α-hetero) is 1. The quantitative estimate of drug-likeness (QED) is 0.717. The first-order chi connectivity index (χ1) is 8.50. The molecule has 0 heterocycles. The van der Waals surface area contributed by atoms with E-state index >= 15 is 0 Å². The monoisotopic (exact) mass is 252 g/mol. The first kappa shape index (κ1) is 14.8. The van der Waals surface area contributed by atoms with Crippen LogP contribution in [-0.2, 0) is 4.74 Å². The summed E-state index contributed by atoms with van der Waals surface area (Å²) < 4.78 is 19.4. The van der Waals surface area contributed by atoms with Crippen LogP contribution < -0.4 is 0 Å². The number of carbonyl (C=O) groups excluding carboxylic acids is 1. The number of halogens is 1. The third-order valence-electron chi connectivity index (χ3n) is 3.34. The fraction of sp³-hybridized carbons (Fsp3) is 0.533. The fourth-order valence-electron chi connectivity index (χ4n) is 2.18. The summed E-state index contributed by atoms with van der Waals surface area (Å²) in [4.78, 5) is 12.5. The van der Waals surface area contributed by atoms with E-state index in [-0.39, 0.29) is 11.3 Å². The van der Waals surface area contributed by atoms with Gasteiger partial charge in [0.15, 0.2) is 5.78 Å². The molecule has 0 unspecified atom stereocenters. The number of benzene rings is 1. The Morgan fingerprint density at radius 1 is 1.28 bits per heavy atom. The lowest BCUT2D eigenvalue weighted by atomic mass is 9.87. The largest absolute Gasteiger partial charge is 0.367 e. The maximum Gasteiger partial charge on any atom is 0.197 e. The van der Waals surface area contributed by atoms with Gasteiger partial charge in [-0.05, 0) is 38.8 Å². The highest BCUT2D eigenvalue weighted by Crippen LogP contribution is 2.27. The van der Waals surface area contributed by atoms with Crippen LogP contribution >= 0.6 is 0 Å². The Morgan fingerprint density at radius 3 is 2.39 bits per heavy atom. The van der Waals surface area contributed by atoms with E-state index < -0.39 is 11.4 Å². The Balaban J connectivity index is 3.21. The van der Waals surface area contributed by atoms with Crippen molar-refractivity contribution in [1.82, 2.24) is 0 Å². The minimum Gasteiger partial charge on any atom is -0.367 e. The number of ketones is 1. The number of carbonyl (C=O) groups is 1. The lowest BCUT2D eigenvalue weighted by Gasteiger charge is -2.30. The Labute approximate surface area is 108 Å². The molecule has 2 nitrogen and oxygen atoms in total. The van der Waals surface area contributed by atoms with Crippen molar-refractivity contribution >= 4 is 5.78 Å². The topological polar surface area (TPSA) is 26.3 Å². The van der Waals surface area contributed by atoms with Crippen LogP contribution in [-0.4, -0.2) is 18.0 Å². The van der Waals surface area contributed by atoms with E-state index in [1.54, 1.807) is 12.1 Å². The van der Waals surface area contributed by atoms with Crippen molar-refractivity contribution in [3.8, 4) is 0 Å². The van der Waals surface area contributed by atoms with Gasteiger partial charge in [-0.2, -0.15) is 0 Å². The average Bonchev–Trinajstić information content (AvgIpc) is 2.38. The molecule has 1 aromatic carbocycles. The van der Waals surface area contributed by atoms with E-state index in [0.717, 1.165) is 5.56 Å². The molecule has 0 aliphatic rings. The van der Waals surface area contributed by atoms with Crippen molar-refractivity contribution < 1.29 is 13.9 Å². The molecular weight excluding hydrogens is 231 g/mol. The van der Waals surface area contributed by atoms with Crippen molar-refractivity contribution in [1.29, 1.82) is 0 Å². The van der Waals surface area contributed by atoms with Gasteiger partial charge in [0.2, 0.25) is 0 Å². The van der Waals surface area contributed by atoms with E-state index in [4.69, 9.17) is 4.74 Å². The smallest absolute Gasteiger partial charge is 0.197 e. The summed E-state index contributed by atoms with van der Waals surface area (Å²) in [6.45, 7) is 7.92. The third-order valence-corrected chi connectivity index (χ3v) is 3.34. The lowest BCUT2D eigenvalue weighted by Crippen LogP contribution is -2.41. The minimum atomic E-state index is -0.899. The van der Waals surface area contributed by atoms with Crippen molar-refractivity contribution in [3.63, 3.8) is 0 Å². The standard InChI is InChI=1S/C15H21FO2/c1-5-15(6-2,18-7-3)14(17)12-10-11(4)8-9-13(12)16/h8-10H,5-7H2,1-4H3. The first-order valence-corrected chi connectivity index (χ1v) is 6.45. The summed E-state index contributed by atoms with van der Waals surface area (Å²) in [7, 11) is 0. The molecule has 3 heteroatoms. The van der Waals surface area contributed by atoms with Crippen molar-refractivity contribution in [3.05, 3.63) is 35.1 Å². The van der Waals surface area contributed by atoms with E-state index in [0.29, 0.717) is 19.4 Å². The van der Waals surface area contributed by atoms with E-state index in [1.807, 2.05) is 27.7 Å². The van der Waals surface area contributed by atoms with Gasteiger partial charge in [-0.3, -0.25) is 4.79 Å². The molecule has 0 radical (unpaired) electrons. The Kier molecular flexibility index (Phi) is 5.03. The lowest BCUT2D eigenvalue weighted by molar-refractivity contribution is -0.0253. The first-order valence-electron chi connectivity index (χ1n) is 6.45. The Morgan fingerprint density at radius 2 is 1.89 bits per heavy atom. The molecule has 18 heavy (non-hydrogen) atoms. The molecule has 0 aromatic heterocycles. The molecule has 0 N–H and O–H groups in total. The van der Waals surface area contributed by atoms with Gasteiger partial charge < -0.3 is 4.74 Å². The normalized spacial score (nSPS) is 11.6. The molecular formula is C15H21FO2.